The van der Waals surface area contributed by atoms with Crippen LogP contribution < -0.4 is 0 Å². The molecule has 102 valence electrons. The summed E-state index contributed by atoms with van der Waals surface area (Å²) in [5, 5.41) is 6.34. The van der Waals surface area contributed by atoms with E-state index < -0.39 is 10.0 Å². The molecule has 1 aromatic heterocycles. The van der Waals surface area contributed by atoms with E-state index in [-0.39, 0.29) is 5.03 Å². The molecule has 5 nitrogen and oxygen atoms in total. The van der Waals surface area contributed by atoms with Crippen molar-refractivity contribution < 1.29 is 8.42 Å². The van der Waals surface area contributed by atoms with Gasteiger partial charge in [-0.2, -0.15) is 9.40 Å². The summed E-state index contributed by atoms with van der Waals surface area (Å²) in [6.07, 6.45) is 2.14. The predicted molar refractivity (Wildman–Crippen MR) is 73.2 cm³/mol. The third-order valence-electron chi connectivity index (χ3n) is 2.94. The van der Waals surface area contributed by atoms with Crippen LogP contribution in [-0.2, 0) is 16.4 Å². The Morgan fingerprint density at radius 3 is 2.53 bits per heavy atom. The molecule has 1 heterocycles. The van der Waals surface area contributed by atoms with Crippen molar-refractivity contribution in [3.63, 3.8) is 0 Å². The van der Waals surface area contributed by atoms with E-state index in [1.165, 1.54) is 16.6 Å². The topological polar surface area (TPSA) is 66.1 Å². The van der Waals surface area contributed by atoms with Crippen molar-refractivity contribution >= 4 is 10.0 Å². The number of aromatic amines is 1. The number of rotatable bonds is 6. The van der Waals surface area contributed by atoms with Crippen LogP contribution in [0.25, 0.3) is 0 Å². The highest BCUT2D eigenvalue weighted by Crippen LogP contribution is 2.13. The average Bonchev–Trinajstić information content (AvgIpc) is 2.95. The van der Waals surface area contributed by atoms with Gasteiger partial charge in [-0.1, -0.05) is 37.3 Å². The number of nitrogens with one attached hydrogen (secondary N) is 1. The maximum Gasteiger partial charge on any atom is 0.259 e. The van der Waals surface area contributed by atoms with Crippen molar-refractivity contribution in [2.75, 3.05) is 13.1 Å². The first-order chi connectivity index (χ1) is 9.14. The summed E-state index contributed by atoms with van der Waals surface area (Å²) >= 11 is 0. The maximum atomic E-state index is 12.3. The third kappa shape index (κ3) is 3.21. The highest BCUT2D eigenvalue weighted by molar-refractivity contribution is 7.89. The summed E-state index contributed by atoms with van der Waals surface area (Å²) < 4.78 is 26.1. The normalized spacial score (nSPS) is 11.9. The van der Waals surface area contributed by atoms with E-state index in [9.17, 15) is 8.42 Å². The molecule has 0 saturated carbocycles. The minimum atomic E-state index is -3.46. The minimum Gasteiger partial charge on any atom is -0.266 e. The Kier molecular flexibility index (Phi) is 4.34. The quantitative estimate of drug-likeness (QED) is 0.874. The van der Waals surface area contributed by atoms with Gasteiger partial charge in [0, 0.05) is 13.1 Å². The zero-order valence-electron chi connectivity index (χ0n) is 10.8. The summed E-state index contributed by atoms with van der Waals surface area (Å²) in [4.78, 5) is 0. The summed E-state index contributed by atoms with van der Waals surface area (Å²) in [6, 6.07) is 11.3. The Bertz CT molecular complexity index is 594. The second-order valence-electron chi connectivity index (χ2n) is 4.15. The van der Waals surface area contributed by atoms with E-state index in [2.05, 4.69) is 10.2 Å². The van der Waals surface area contributed by atoms with Crippen LogP contribution in [0.5, 0.6) is 0 Å². The molecule has 0 aliphatic carbocycles. The highest BCUT2D eigenvalue weighted by Gasteiger charge is 2.23. The molecule has 0 aliphatic rings. The monoisotopic (exact) mass is 279 g/mol. The van der Waals surface area contributed by atoms with Gasteiger partial charge < -0.3 is 0 Å². The molecule has 0 saturated heterocycles. The Morgan fingerprint density at radius 2 is 1.95 bits per heavy atom. The number of nitrogens with zero attached hydrogens (tertiary/aromatic N) is 2. The van der Waals surface area contributed by atoms with Crippen LogP contribution in [0, 0.1) is 0 Å². The number of benzene rings is 1. The van der Waals surface area contributed by atoms with E-state index in [4.69, 9.17) is 0 Å². The molecule has 0 spiro atoms. The summed E-state index contributed by atoms with van der Waals surface area (Å²) in [6.45, 7) is 2.73. The Hall–Kier alpha value is -1.66. The van der Waals surface area contributed by atoms with Gasteiger partial charge in [-0.25, -0.2) is 8.42 Å². The largest absolute Gasteiger partial charge is 0.266 e. The lowest BCUT2D eigenvalue weighted by molar-refractivity contribution is 0.428. The Balaban J connectivity index is 2.09. The van der Waals surface area contributed by atoms with Gasteiger partial charge in [0.1, 0.15) is 0 Å². The zero-order chi connectivity index (χ0) is 13.7. The molecule has 0 radical (unpaired) electrons. The summed E-state index contributed by atoms with van der Waals surface area (Å²) in [5.41, 5.74) is 1.13. The maximum absolute atomic E-state index is 12.3. The first kappa shape index (κ1) is 13.8. The number of likely N-dealkylation sites (N-methyl/N-ethyl adjacent to an activating group) is 1. The lowest BCUT2D eigenvalue weighted by Gasteiger charge is -2.19. The predicted octanol–water partition coefficient (Wildman–Crippen LogP) is 1.66. The second kappa shape index (κ2) is 5.99. The van der Waals surface area contributed by atoms with Crippen molar-refractivity contribution in [2.24, 2.45) is 0 Å². The molecule has 0 aliphatic heterocycles. The molecule has 1 aromatic carbocycles. The first-order valence-electron chi connectivity index (χ1n) is 6.18. The van der Waals surface area contributed by atoms with Crippen molar-refractivity contribution in [1.82, 2.24) is 14.5 Å². The van der Waals surface area contributed by atoms with Gasteiger partial charge in [0.2, 0.25) is 0 Å². The molecule has 0 fully saturated rings. The molecular weight excluding hydrogens is 262 g/mol. The molecule has 0 bridgehead atoms. The molecular formula is C13H17N3O2S. The Labute approximate surface area is 113 Å². The average molecular weight is 279 g/mol. The molecule has 0 amide bonds. The molecule has 6 heteroatoms. The molecule has 0 unspecified atom stereocenters. The number of hydrogen-bond donors (Lipinski definition) is 1. The van der Waals surface area contributed by atoms with Crippen LogP contribution >= 0.6 is 0 Å². The van der Waals surface area contributed by atoms with E-state index >= 15 is 0 Å². The van der Waals surface area contributed by atoms with Crippen molar-refractivity contribution in [2.45, 2.75) is 18.4 Å². The molecule has 1 N–H and O–H groups in total. The van der Waals surface area contributed by atoms with Crippen molar-refractivity contribution in [1.29, 1.82) is 0 Å². The van der Waals surface area contributed by atoms with Gasteiger partial charge in [-0.15, -0.1) is 0 Å². The van der Waals surface area contributed by atoms with E-state index in [0.29, 0.717) is 19.5 Å². The van der Waals surface area contributed by atoms with Gasteiger partial charge in [0.15, 0.2) is 5.03 Å². The molecule has 2 rings (SSSR count). The number of H-pyrrole nitrogens is 1. The van der Waals surface area contributed by atoms with Gasteiger partial charge in [0.05, 0.1) is 6.20 Å². The number of sulfonamides is 1. The fourth-order valence-electron chi connectivity index (χ4n) is 1.87. The summed E-state index contributed by atoms with van der Waals surface area (Å²) in [7, 11) is -3.46. The zero-order valence-corrected chi connectivity index (χ0v) is 11.6. The van der Waals surface area contributed by atoms with Crippen LogP contribution in [0.3, 0.4) is 0 Å². The molecule has 19 heavy (non-hydrogen) atoms. The minimum absolute atomic E-state index is 0.141. The van der Waals surface area contributed by atoms with Crippen LogP contribution in [0.15, 0.2) is 47.6 Å². The lowest BCUT2D eigenvalue weighted by atomic mass is 10.1. The molecule has 2 aromatic rings. The van der Waals surface area contributed by atoms with Crippen molar-refractivity contribution in [3.05, 3.63) is 48.2 Å². The van der Waals surface area contributed by atoms with E-state index in [0.717, 1.165) is 5.56 Å². The van der Waals surface area contributed by atoms with Gasteiger partial charge in [0.25, 0.3) is 10.0 Å². The molecule has 0 atom stereocenters. The van der Waals surface area contributed by atoms with Gasteiger partial charge >= 0.3 is 0 Å². The SMILES string of the molecule is CCN(CCc1ccccc1)S(=O)(=O)c1ccn[nH]1. The highest BCUT2D eigenvalue weighted by atomic mass is 32.2. The van der Waals surface area contributed by atoms with Gasteiger partial charge in [-0.05, 0) is 18.1 Å². The van der Waals surface area contributed by atoms with Crippen LogP contribution in [-0.4, -0.2) is 36.0 Å². The van der Waals surface area contributed by atoms with Crippen molar-refractivity contribution in [3.8, 4) is 0 Å². The fraction of sp³-hybridized carbons (Fsp3) is 0.308. The first-order valence-corrected chi connectivity index (χ1v) is 7.62. The fourth-order valence-corrected chi connectivity index (χ4v) is 3.22. The second-order valence-corrected chi connectivity index (χ2v) is 6.06. The number of aromatic nitrogens is 2. The van der Waals surface area contributed by atoms with Crippen LogP contribution in [0.4, 0.5) is 0 Å². The Morgan fingerprint density at radius 1 is 1.21 bits per heavy atom. The smallest absolute Gasteiger partial charge is 0.259 e. The van der Waals surface area contributed by atoms with E-state index in [1.54, 1.807) is 0 Å². The lowest BCUT2D eigenvalue weighted by Crippen LogP contribution is -2.33. The summed E-state index contributed by atoms with van der Waals surface area (Å²) in [5.74, 6) is 0. The third-order valence-corrected chi connectivity index (χ3v) is 4.84. The van der Waals surface area contributed by atoms with E-state index in [1.807, 2.05) is 37.3 Å². The van der Waals surface area contributed by atoms with Gasteiger partial charge in [-0.3, -0.25) is 5.10 Å². The van der Waals surface area contributed by atoms with Crippen LogP contribution in [0.1, 0.15) is 12.5 Å². The van der Waals surface area contributed by atoms with Crippen LogP contribution in [0.2, 0.25) is 0 Å². The standard InChI is InChI=1S/C13H17N3O2S/c1-2-16(11-9-12-6-4-3-5-7-12)19(17,18)13-8-10-14-15-13/h3-8,10H,2,9,11H2,1H3,(H,14,15). The number of hydrogen-bond acceptors (Lipinski definition) is 3.